The summed E-state index contributed by atoms with van der Waals surface area (Å²) in [6.07, 6.45) is 5.48. The summed E-state index contributed by atoms with van der Waals surface area (Å²) in [4.78, 5) is 36.7. The van der Waals surface area contributed by atoms with Gasteiger partial charge in [0.1, 0.15) is 18.2 Å². The molecule has 24 heavy (non-hydrogen) atoms. The first kappa shape index (κ1) is 20.3. The van der Waals surface area contributed by atoms with Gasteiger partial charge in [-0.3, -0.25) is 14.5 Å². The van der Waals surface area contributed by atoms with Crippen LogP contribution < -0.4 is 5.32 Å². The van der Waals surface area contributed by atoms with Crippen molar-refractivity contribution in [3.05, 3.63) is 0 Å². The van der Waals surface area contributed by atoms with Gasteiger partial charge in [0, 0.05) is 7.05 Å². The lowest BCUT2D eigenvalue weighted by molar-refractivity contribution is -0.138. The number of hydrogen-bond donors (Lipinski definition) is 2. The molecule has 138 valence electrons. The van der Waals surface area contributed by atoms with E-state index < -0.39 is 36.2 Å². The molecular formula is C17H30N2O5. The molecular weight excluding hydrogens is 312 g/mol. The molecule has 1 aliphatic rings. The van der Waals surface area contributed by atoms with Gasteiger partial charge in [0.05, 0.1) is 0 Å². The molecule has 0 aromatic heterocycles. The van der Waals surface area contributed by atoms with Crippen molar-refractivity contribution >= 4 is 18.0 Å². The predicted octanol–water partition coefficient (Wildman–Crippen LogP) is 2.39. The Kier molecular flexibility index (Phi) is 7.51. The number of aliphatic carboxylic acids is 1. The topological polar surface area (TPSA) is 95.9 Å². The van der Waals surface area contributed by atoms with Gasteiger partial charge < -0.3 is 15.2 Å². The molecule has 0 spiro atoms. The van der Waals surface area contributed by atoms with Crippen LogP contribution in [0.5, 0.6) is 0 Å². The molecule has 1 atom stereocenters. The van der Waals surface area contributed by atoms with Crippen molar-refractivity contribution in [3.63, 3.8) is 0 Å². The van der Waals surface area contributed by atoms with E-state index in [-0.39, 0.29) is 0 Å². The smallest absolute Gasteiger partial charge is 0.410 e. The van der Waals surface area contributed by atoms with E-state index in [0.29, 0.717) is 12.3 Å². The highest BCUT2D eigenvalue weighted by molar-refractivity contribution is 5.88. The van der Waals surface area contributed by atoms with Crippen LogP contribution in [0.1, 0.15) is 59.3 Å². The van der Waals surface area contributed by atoms with E-state index in [1.165, 1.54) is 18.4 Å². The van der Waals surface area contributed by atoms with Gasteiger partial charge in [0.25, 0.3) is 0 Å². The quantitative estimate of drug-likeness (QED) is 0.773. The molecule has 1 aliphatic carbocycles. The minimum Gasteiger partial charge on any atom is -0.480 e. The average molecular weight is 342 g/mol. The van der Waals surface area contributed by atoms with Crippen LogP contribution >= 0.6 is 0 Å². The van der Waals surface area contributed by atoms with Gasteiger partial charge in [-0.05, 0) is 33.1 Å². The maximum absolute atomic E-state index is 12.4. The second-order valence-corrected chi connectivity index (χ2v) is 7.46. The molecule has 0 radical (unpaired) electrons. The monoisotopic (exact) mass is 342 g/mol. The largest absolute Gasteiger partial charge is 0.480 e. The van der Waals surface area contributed by atoms with E-state index >= 15 is 0 Å². The number of carbonyl (C=O) groups excluding carboxylic acids is 2. The van der Waals surface area contributed by atoms with Crippen molar-refractivity contribution in [3.8, 4) is 0 Å². The Labute approximate surface area is 143 Å². The van der Waals surface area contributed by atoms with Crippen molar-refractivity contribution in [2.24, 2.45) is 5.92 Å². The van der Waals surface area contributed by atoms with Crippen molar-refractivity contribution in [1.29, 1.82) is 0 Å². The van der Waals surface area contributed by atoms with Gasteiger partial charge >= 0.3 is 12.1 Å². The zero-order valence-electron chi connectivity index (χ0n) is 15.1. The number of nitrogens with zero attached hydrogens (tertiary/aromatic N) is 1. The van der Waals surface area contributed by atoms with Crippen LogP contribution in [0.3, 0.4) is 0 Å². The van der Waals surface area contributed by atoms with Crippen LogP contribution in [-0.2, 0) is 14.3 Å². The lowest BCUT2D eigenvalue weighted by Gasteiger charge is -2.33. The Morgan fingerprint density at radius 1 is 1.21 bits per heavy atom. The van der Waals surface area contributed by atoms with Crippen LogP contribution in [0.25, 0.3) is 0 Å². The first-order valence-corrected chi connectivity index (χ1v) is 8.55. The van der Waals surface area contributed by atoms with Gasteiger partial charge in [-0.2, -0.15) is 0 Å². The molecule has 7 heteroatoms. The van der Waals surface area contributed by atoms with Gasteiger partial charge in [-0.1, -0.05) is 32.1 Å². The van der Waals surface area contributed by atoms with Gasteiger partial charge in [0.15, 0.2) is 0 Å². The third-order valence-electron chi connectivity index (χ3n) is 4.15. The minimum absolute atomic E-state index is 0.365. The van der Waals surface area contributed by atoms with E-state index in [4.69, 9.17) is 9.84 Å². The molecule has 0 saturated heterocycles. The van der Waals surface area contributed by atoms with Crippen LogP contribution in [0.4, 0.5) is 4.79 Å². The maximum Gasteiger partial charge on any atom is 0.410 e. The summed E-state index contributed by atoms with van der Waals surface area (Å²) < 4.78 is 5.34. The molecule has 0 heterocycles. The first-order chi connectivity index (χ1) is 11.1. The molecule has 0 unspecified atom stereocenters. The highest BCUT2D eigenvalue weighted by Gasteiger charge is 2.32. The fraction of sp³-hybridized carbons (Fsp3) is 0.824. The van der Waals surface area contributed by atoms with E-state index in [1.54, 1.807) is 20.8 Å². The zero-order valence-corrected chi connectivity index (χ0v) is 15.1. The average Bonchev–Trinajstić information content (AvgIpc) is 2.49. The maximum atomic E-state index is 12.4. The number of carboxylic acids is 1. The lowest BCUT2D eigenvalue weighted by Crippen LogP contribution is -2.50. The van der Waals surface area contributed by atoms with Gasteiger partial charge in [0.2, 0.25) is 5.91 Å². The van der Waals surface area contributed by atoms with Gasteiger partial charge in [-0.15, -0.1) is 0 Å². The second kappa shape index (κ2) is 8.89. The number of likely N-dealkylation sites (N-methyl/N-ethyl adjacent to an activating group) is 1. The van der Waals surface area contributed by atoms with Crippen molar-refractivity contribution in [1.82, 2.24) is 10.2 Å². The van der Waals surface area contributed by atoms with Crippen molar-refractivity contribution < 1.29 is 24.2 Å². The fourth-order valence-electron chi connectivity index (χ4n) is 2.92. The van der Waals surface area contributed by atoms with Crippen LogP contribution in [0, 0.1) is 5.92 Å². The highest BCUT2D eigenvalue weighted by Crippen LogP contribution is 2.28. The highest BCUT2D eigenvalue weighted by atomic mass is 16.6. The summed E-state index contributed by atoms with van der Waals surface area (Å²) in [6.45, 7) is 4.83. The van der Waals surface area contributed by atoms with Crippen LogP contribution in [-0.4, -0.2) is 53.2 Å². The Morgan fingerprint density at radius 3 is 2.29 bits per heavy atom. The van der Waals surface area contributed by atoms with E-state index in [0.717, 1.165) is 25.7 Å². The Bertz CT molecular complexity index is 452. The molecule has 0 aromatic rings. The SMILES string of the molecule is CN(C(=O)OC(C)(C)C)[C@@H](CC1CCCCC1)C(=O)NCC(=O)O. The summed E-state index contributed by atoms with van der Waals surface area (Å²) >= 11 is 0. The number of rotatable bonds is 6. The molecule has 1 saturated carbocycles. The molecule has 0 aromatic carbocycles. The molecule has 1 rings (SSSR count). The predicted molar refractivity (Wildman–Crippen MR) is 89.6 cm³/mol. The number of hydrogen-bond acceptors (Lipinski definition) is 4. The second-order valence-electron chi connectivity index (χ2n) is 7.46. The van der Waals surface area contributed by atoms with E-state index in [9.17, 15) is 14.4 Å². The molecule has 2 N–H and O–H groups in total. The van der Waals surface area contributed by atoms with Crippen LogP contribution in [0.15, 0.2) is 0 Å². The number of nitrogens with one attached hydrogen (secondary N) is 1. The van der Waals surface area contributed by atoms with Crippen molar-refractivity contribution in [2.75, 3.05) is 13.6 Å². The van der Waals surface area contributed by atoms with Crippen LogP contribution in [0.2, 0.25) is 0 Å². The number of amides is 2. The third-order valence-corrected chi connectivity index (χ3v) is 4.15. The first-order valence-electron chi connectivity index (χ1n) is 8.55. The molecule has 2 amide bonds. The molecule has 0 bridgehead atoms. The summed E-state index contributed by atoms with van der Waals surface area (Å²) in [5.74, 6) is -1.19. The summed E-state index contributed by atoms with van der Waals surface area (Å²) in [7, 11) is 1.53. The number of carboxylic acid groups (broad SMARTS) is 1. The van der Waals surface area contributed by atoms with E-state index in [1.807, 2.05) is 0 Å². The van der Waals surface area contributed by atoms with Gasteiger partial charge in [-0.25, -0.2) is 4.79 Å². The Morgan fingerprint density at radius 2 is 1.79 bits per heavy atom. The minimum atomic E-state index is -1.11. The van der Waals surface area contributed by atoms with E-state index in [2.05, 4.69) is 5.32 Å². The summed E-state index contributed by atoms with van der Waals surface area (Å²) in [5, 5.41) is 11.1. The third kappa shape index (κ3) is 7.19. The summed E-state index contributed by atoms with van der Waals surface area (Å²) in [5.41, 5.74) is -0.654. The lowest BCUT2D eigenvalue weighted by atomic mass is 9.84. The summed E-state index contributed by atoms with van der Waals surface area (Å²) in [6, 6.07) is -0.720. The number of carbonyl (C=O) groups is 3. The molecule has 1 fully saturated rings. The Balaban J connectivity index is 2.79. The zero-order chi connectivity index (χ0) is 18.3. The normalized spacial score (nSPS) is 17.0. The number of ether oxygens (including phenoxy) is 1. The molecule has 0 aliphatic heterocycles. The standard InChI is InChI=1S/C17H30N2O5/c1-17(2,3)24-16(23)19(4)13(15(22)18-11-14(20)21)10-12-8-6-5-7-9-12/h12-13H,5-11H2,1-4H3,(H,18,22)(H,20,21)/t13-/m0/s1. The Hall–Kier alpha value is -1.79. The molecule has 7 nitrogen and oxygen atoms in total. The fourth-order valence-corrected chi connectivity index (χ4v) is 2.92. The van der Waals surface area contributed by atoms with Crippen molar-refractivity contribution in [2.45, 2.75) is 70.9 Å².